The summed E-state index contributed by atoms with van der Waals surface area (Å²) in [6, 6.07) is 11.6. The fraction of sp³-hybridized carbons (Fsp3) is 0.300. The predicted octanol–water partition coefficient (Wildman–Crippen LogP) is 3.24. The summed E-state index contributed by atoms with van der Waals surface area (Å²) in [5, 5.41) is 0. The highest BCUT2D eigenvalue weighted by atomic mass is 16.5. The van der Waals surface area contributed by atoms with Gasteiger partial charge in [-0.15, -0.1) is 0 Å². The van der Waals surface area contributed by atoms with Crippen molar-refractivity contribution in [2.24, 2.45) is 0 Å². The Morgan fingerprint density at radius 2 is 1.50 bits per heavy atom. The van der Waals surface area contributed by atoms with E-state index in [2.05, 4.69) is 0 Å². The third kappa shape index (κ3) is 4.14. The van der Waals surface area contributed by atoms with Crippen molar-refractivity contribution in [2.75, 3.05) is 27.9 Å². The lowest BCUT2D eigenvalue weighted by Crippen LogP contribution is -2.25. The summed E-state index contributed by atoms with van der Waals surface area (Å²) in [7, 11) is 4.53. The minimum atomic E-state index is -1.09. The Morgan fingerprint density at radius 3 is 2.04 bits per heavy atom. The highest BCUT2D eigenvalue weighted by Gasteiger charge is 2.32. The van der Waals surface area contributed by atoms with Crippen LogP contribution in [0.25, 0.3) is 0 Å². The molecule has 0 saturated carbocycles. The third-order valence-corrected chi connectivity index (χ3v) is 3.91. The van der Waals surface area contributed by atoms with Gasteiger partial charge in [0.1, 0.15) is 23.2 Å². The Hall–Kier alpha value is -3.02. The standard InChI is InChI=1S/C20H22O6/c1-5-26-20(22)18(13-6-8-14(23-2)9-7-13)19(21)16-11-10-15(24-3)12-17(16)25-4/h6-12,18H,5H2,1-4H3. The molecule has 0 aliphatic heterocycles. The number of benzene rings is 2. The van der Waals surface area contributed by atoms with Crippen LogP contribution in [-0.4, -0.2) is 39.7 Å². The molecular weight excluding hydrogens is 336 g/mol. The molecule has 2 aromatic carbocycles. The summed E-state index contributed by atoms with van der Waals surface area (Å²) >= 11 is 0. The maximum Gasteiger partial charge on any atom is 0.321 e. The summed E-state index contributed by atoms with van der Waals surface area (Å²) in [5.74, 6) is -0.602. The number of Topliss-reactive ketones (excluding diaryl/α,β-unsaturated/α-hetero) is 1. The van der Waals surface area contributed by atoms with Crippen LogP contribution in [0.3, 0.4) is 0 Å². The third-order valence-electron chi connectivity index (χ3n) is 3.91. The molecule has 0 aliphatic rings. The highest BCUT2D eigenvalue weighted by molar-refractivity contribution is 6.14. The first-order valence-corrected chi connectivity index (χ1v) is 8.12. The summed E-state index contributed by atoms with van der Waals surface area (Å²) in [6.45, 7) is 1.87. The SMILES string of the molecule is CCOC(=O)C(C(=O)c1ccc(OC)cc1OC)c1ccc(OC)cc1. The van der Waals surface area contributed by atoms with Crippen LogP contribution in [0.15, 0.2) is 42.5 Å². The van der Waals surface area contributed by atoms with E-state index in [1.54, 1.807) is 56.5 Å². The molecule has 0 radical (unpaired) electrons. The van der Waals surface area contributed by atoms with Crippen molar-refractivity contribution in [3.8, 4) is 17.2 Å². The molecule has 6 heteroatoms. The van der Waals surface area contributed by atoms with Gasteiger partial charge in [0.15, 0.2) is 5.78 Å². The van der Waals surface area contributed by atoms with Crippen molar-refractivity contribution in [1.29, 1.82) is 0 Å². The van der Waals surface area contributed by atoms with Crippen molar-refractivity contribution < 1.29 is 28.5 Å². The number of hydrogen-bond acceptors (Lipinski definition) is 6. The van der Waals surface area contributed by atoms with Gasteiger partial charge in [0.2, 0.25) is 0 Å². The fourth-order valence-electron chi connectivity index (χ4n) is 2.57. The largest absolute Gasteiger partial charge is 0.497 e. The maximum atomic E-state index is 13.1. The van der Waals surface area contributed by atoms with E-state index in [0.29, 0.717) is 22.8 Å². The van der Waals surface area contributed by atoms with Gasteiger partial charge in [0, 0.05) is 6.07 Å². The predicted molar refractivity (Wildman–Crippen MR) is 96.2 cm³/mol. The Morgan fingerprint density at radius 1 is 0.885 bits per heavy atom. The first-order valence-electron chi connectivity index (χ1n) is 8.12. The Kier molecular flexibility index (Phi) is 6.60. The van der Waals surface area contributed by atoms with Crippen molar-refractivity contribution in [1.82, 2.24) is 0 Å². The number of esters is 1. The van der Waals surface area contributed by atoms with Gasteiger partial charge >= 0.3 is 5.97 Å². The zero-order valence-electron chi connectivity index (χ0n) is 15.3. The zero-order chi connectivity index (χ0) is 19.1. The minimum Gasteiger partial charge on any atom is -0.497 e. The van der Waals surface area contributed by atoms with E-state index in [1.165, 1.54) is 14.2 Å². The van der Waals surface area contributed by atoms with Crippen molar-refractivity contribution in [3.63, 3.8) is 0 Å². The lowest BCUT2D eigenvalue weighted by molar-refractivity contribution is -0.143. The Balaban J connectivity index is 2.47. The fourth-order valence-corrected chi connectivity index (χ4v) is 2.57. The van der Waals surface area contributed by atoms with Crippen LogP contribution < -0.4 is 14.2 Å². The summed E-state index contributed by atoms with van der Waals surface area (Å²) < 4.78 is 20.7. The molecule has 138 valence electrons. The van der Waals surface area contributed by atoms with Gasteiger partial charge in [0.25, 0.3) is 0 Å². The van der Waals surface area contributed by atoms with Crippen LogP contribution in [0, 0.1) is 0 Å². The number of rotatable bonds is 8. The first kappa shape index (κ1) is 19.3. The molecule has 0 heterocycles. The van der Waals surface area contributed by atoms with Crippen molar-refractivity contribution >= 4 is 11.8 Å². The number of methoxy groups -OCH3 is 3. The van der Waals surface area contributed by atoms with Crippen LogP contribution in [0.2, 0.25) is 0 Å². The second kappa shape index (κ2) is 8.89. The van der Waals surface area contributed by atoms with Crippen LogP contribution in [0.1, 0.15) is 28.8 Å². The number of carbonyl (C=O) groups excluding carboxylic acids is 2. The van der Waals surface area contributed by atoms with E-state index in [4.69, 9.17) is 18.9 Å². The van der Waals surface area contributed by atoms with Gasteiger partial charge in [-0.1, -0.05) is 12.1 Å². The normalized spacial score (nSPS) is 11.4. The number of ketones is 1. The lowest BCUT2D eigenvalue weighted by atomic mass is 9.90. The Bertz CT molecular complexity index is 766. The van der Waals surface area contributed by atoms with E-state index < -0.39 is 17.7 Å². The number of carbonyl (C=O) groups is 2. The van der Waals surface area contributed by atoms with Gasteiger partial charge in [-0.2, -0.15) is 0 Å². The highest BCUT2D eigenvalue weighted by Crippen LogP contribution is 2.31. The molecule has 26 heavy (non-hydrogen) atoms. The second-order valence-electron chi connectivity index (χ2n) is 5.39. The molecule has 0 N–H and O–H groups in total. The van der Waals surface area contributed by atoms with Gasteiger partial charge in [-0.25, -0.2) is 0 Å². The van der Waals surface area contributed by atoms with Crippen molar-refractivity contribution in [2.45, 2.75) is 12.8 Å². The van der Waals surface area contributed by atoms with Crippen LogP contribution in [0.4, 0.5) is 0 Å². The van der Waals surface area contributed by atoms with Crippen LogP contribution >= 0.6 is 0 Å². The second-order valence-corrected chi connectivity index (χ2v) is 5.39. The van der Waals surface area contributed by atoms with Gasteiger partial charge < -0.3 is 18.9 Å². The van der Waals surface area contributed by atoms with E-state index >= 15 is 0 Å². The van der Waals surface area contributed by atoms with Gasteiger partial charge in [-0.3, -0.25) is 9.59 Å². The average Bonchev–Trinajstić information content (AvgIpc) is 2.68. The average molecular weight is 358 g/mol. The quantitative estimate of drug-likeness (QED) is 0.410. The van der Waals surface area contributed by atoms with Crippen LogP contribution in [0.5, 0.6) is 17.2 Å². The Labute approximate surface area is 152 Å². The molecule has 0 aromatic heterocycles. The van der Waals surface area contributed by atoms with E-state index in [0.717, 1.165) is 0 Å². The molecule has 2 aromatic rings. The molecule has 1 unspecified atom stereocenters. The van der Waals surface area contributed by atoms with E-state index in [-0.39, 0.29) is 12.2 Å². The van der Waals surface area contributed by atoms with Crippen LogP contribution in [-0.2, 0) is 9.53 Å². The molecular formula is C20H22O6. The lowest BCUT2D eigenvalue weighted by Gasteiger charge is -2.17. The summed E-state index contributed by atoms with van der Waals surface area (Å²) in [4.78, 5) is 25.6. The number of hydrogen-bond donors (Lipinski definition) is 0. The smallest absolute Gasteiger partial charge is 0.321 e. The summed E-state index contributed by atoms with van der Waals surface area (Å²) in [5.41, 5.74) is 0.800. The monoisotopic (exact) mass is 358 g/mol. The zero-order valence-corrected chi connectivity index (χ0v) is 15.3. The number of ether oxygens (including phenoxy) is 4. The molecule has 0 bridgehead atoms. The van der Waals surface area contributed by atoms with Gasteiger partial charge in [0.05, 0.1) is 33.5 Å². The topological polar surface area (TPSA) is 71.1 Å². The summed E-state index contributed by atoms with van der Waals surface area (Å²) in [6.07, 6.45) is 0. The molecule has 0 saturated heterocycles. The van der Waals surface area contributed by atoms with Crippen molar-refractivity contribution in [3.05, 3.63) is 53.6 Å². The van der Waals surface area contributed by atoms with Gasteiger partial charge in [-0.05, 0) is 36.8 Å². The van der Waals surface area contributed by atoms with E-state index in [1.807, 2.05) is 0 Å². The molecule has 0 aliphatic carbocycles. The molecule has 0 spiro atoms. The molecule has 0 fully saturated rings. The molecule has 1 atom stereocenters. The molecule has 2 rings (SSSR count). The van der Waals surface area contributed by atoms with E-state index in [9.17, 15) is 9.59 Å². The first-order chi connectivity index (χ1) is 12.5. The minimum absolute atomic E-state index is 0.179. The maximum absolute atomic E-state index is 13.1. The molecule has 6 nitrogen and oxygen atoms in total. The molecule has 0 amide bonds.